The molecule has 0 radical (unpaired) electrons. The van der Waals surface area contributed by atoms with Crippen LogP contribution in [0, 0.1) is 0 Å². The molecule has 0 aliphatic rings. The van der Waals surface area contributed by atoms with E-state index < -0.39 is 0 Å². The maximum atomic E-state index is 5.37. The Labute approximate surface area is 85.8 Å². The molecule has 1 aromatic rings. The van der Waals surface area contributed by atoms with Crippen LogP contribution in [0.1, 0.15) is 12.0 Å². The Bertz CT molecular complexity index is 221. The van der Waals surface area contributed by atoms with Crippen molar-refractivity contribution in [2.75, 3.05) is 26.9 Å². The predicted octanol–water partition coefficient (Wildman–Crippen LogP) is 2.28. The standard InChI is InChI=1S/C12H18O2/c1-13-10-11-14-9-5-8-12-6-3-2-4-7-12/h2-4,6-7H,5,8-11H2,1H3. The number of hydrogen-bond acceptors (Lipinski definition) is 2. The Morgan fingerprint density at radius 2 is 1.79 bits per heavy atom. The van der Waals surface area contributed by atoms with E-state index >= 15 is 0 Å². The van der Waals surface area contributed by atoms with Gasteiger partial charge in [0.1, 0.15) is 0 Å². The zero-order chi connectivity index (χ0) is 10.1. The van der Waals surface area contributed by atoms with Crippen molar-refractivity contribution >= 4 is 0 Å². The Hall–Kier alpha value is -0.860. The first-order chi connectivity index (χ1) is 6.93. The van der Waals surface area contributed by atoms with Gasteiger partial charge >= 0.3 is 0 Å². The van der Waals surface area contributed by atoms with E-state index in [1.807, 2.05) is 6.07 Å². The van der Waals surface area contributed by atoms with Crippen LogP contribution >= 0.6 is 0 Å². The Morgan fingerprint density at radius 3 is 2.50 bits per heavy atom. The van der Waals surface area contributed by atoms with Crippen LogP contribution in [0.4, 0.5) is 0 Å². The highest BCUT2D eigenvalue weighted by Gasteiger charge is 1.92. The molecule has 0 aliphatic carbocycles. The van der Waals surface area contributed by atoms with Crippen LogP contribution in [0.5, 0.6) is 0 Å². The Morgan fingerprint density at radius 1 is 1.00 bits per heavy atom. The first-order valence-corrected chi connectivity index (χ1v) is 5.04. The number of rotatable bonds is 7. The topological polar surface area (TPSA) is 18.5 Å². The SMILES string of the molecule is COCCOCCCc1ccccc1. The number of methoxy groups -OCH3 is 1. The van der Waals surface area contributed by atoms with Gasteiger partial charge in [-0.05, 0) is 18.4 Å². The van der Waals surface area contributed by atoms with Crippen molar-refractivity contribution in [2.45, 2.75) is 12.8 Å². The summed E-state index contributed by atoms with van der Waals surface area (Å²) in [5.74, 6) is 0. The molecule has 1 aromatic carbocycles. The molecular weight excluding hydrogens is 176 g/mol. The minimum atomic E-state index is 0.686. The van der Waals surface area contributed by atoms with Crippen molar-refractivity contribution in [3.8, 4) is 0 Å². The smallest absolute Gasteiger partial charge is 0.0700 e. The normalized spacial score (nSPS) is 10.4. The molecule has 0 atom stereocenters. The van der Waals surface area contributed by atoms with Crippen molar-refractivity contribution in [3.05, 3.63) is 35.9 Å². The zero-order valence-corrected chi connectivity index (χ0v) is 8.74. The van der Waals surface area contributed by atoms with Gasteiger partial charge in [0, 0.05) is 13.7 Å². The number of hydrogen-bond donors (Lipinski definition) is 0. The highest BCUT2D eigenvalue weighted by atomic mass is 16.5. The summed E-state index contributed by atoms with van der Waals surface area (Å²) in [6.45, 7) is 2.20. The lowest BCUT2D eigenvalue weighted by Gasteiger charge is -2.03. The molecule has 0 saturated carbocycles. The molecule has 0 unspecified atom stereocenters. The van der Waals surface area contributed by atoms with Crippen molar-refractivity contribution in [1.82, 2.24) is 0 Å². The summed E-state index contributed by atoms with van der Waals surface area (Å²) >= 11 is 0. The van der Waals surface area contributed by atoms with E-state index in [1.54, 1.807) is 7.11 Å². The second-order valence-electron chi connectivity index (χ2n) is 3.19. The molecule has 0 aromatic heterocycles. The molecule has 78 valence electrons. The van der Waals surface area contributed by atoms with E-state index in [1.165, 1.54) is 5.56 Å². The summed E-state index contributed by atoms with van der Waals surface area (Å²) in [6.07, 6.45) is 2.17. The maximum absolute atomic E-state index is 5.37. The van der Waals surface area contributed by atoms with E-state index in [0.29, 0.717) is 13.2 Å². The number of benzene rings is 1. The van der Waals surface area contributed by atoms with E-state index in [2.05, 4.69) is 24.3 Å². The minimum Gasteiger partial charge on any atom is -0.382 e. The monoisotopic (exact) mass is 194 g/mol. The summed E-state index contributed by atoms with van der Waals surface area (Å²) in [5, 5.41) is 0. The minimum absolute atomic E-state index is 0.686. The highest BCUT2D eigenvalue weighted by Crippen LogP contribution is 2.01. The van der Waals surface area contributed by atoms with Crippen molar-refractivity contribution < 1.29 is 9.47 Å². The zero-order valence-electron chi connectivity index (χ0n) is 8.74. The molecule has 0 bridgehead atoms. The first kappa shape index (κ1) is 11.2. The molecule has 14 heavy (non-hydrogen) atoms. The average molecular weight is 194 g/mol. The van der Waals surface area contributed by atoms with Gasteiger partial charge in [-0.2, -0.15) is 0 Å². The maximum Gasteiger partial charge on any atom is 0.0700 e. The highest BCUT2D eigenvalue weighted by molar-refractivity contribution is 5.14. The fraction of sp³-hybridized carbons (Fsp3) is 0.500. The van der Waals surface area contributed by atoms with E-state index in [0.717, 1.165) is 19.4 Å². The van der Waals surface area contributed by atoms with Gasteiger partial charge in [-0.3, -0.25) is 0 Å². The fourth-order valence-electron chi connectivity index (χ4n) is 1.27. The molecule has 2 heteroatoms. The van der Waals surface area contributed by atoms with Crippen LogP contribution in [0.2, 0.25) is 0 Å². The van der Waals surface area contributed by atoms with Gasteiger partial charge < -0.3 is 9.47 Å². The molecule has 0 fully saturated rings. The van der Waals surface area contributed by atoms with Crippen LogP contribution in [-0.2, 0) is 15.9 Å². The average Bonchev–Trinajstić information content (AvgIpc) is 2.25. The quantitative estimate of drug-likeness (QED) is 0.620. The summed E-state index contributed by atoms with van der Waals surface area (Å²) < 4.78 is 10.3. The summed E-state index contributed by atoms with van der Waals surface area (Å²) in [4.78, 5) is 0. The molecule has 0 heterocycles. The van der Waals surface area contributed by atoms with E-state index in [4.69, 9.17) is 9.47 Å². The van der Waals surface area contributed by atoms with Crippen molar-refractivity contribution in [1.29, 1.82) is 0 Å². The molecule has 0 N–H and O–H groups in total. The Kier molecular flexibility index (Phi) is 6.04. The van der Waals surface area contributed by atoms with Gasteiger partial charge in [0.05, 0.1) is 13.2 Å². The van der Waals surface area contributed by atoms with Crippen molar-refractivity contribution in [2.24, 2.45) is 0 Å². The van der Waals surface area contributed by atoms with Gasteiger partial charge in [0.15, 0.2) is 0 Å². The van der Waals surface area contributed by atoms with Crippen LogP contribution < -0.4 is 0 Å². The van der Waals surface area contributed by atoms with E-state index in [-0.39, 0.29) is 0 Å². The number of aryl methyl sites for hydroxylation is 1. The van der Waals surface area contributed by atoms with Crippen LogP contribution in [0.15, 0.2) is 30.3 Å². The predicted molar refractivity (Wildman–Crippen MR) is 57.5 cm³/mol. The van der Waals surface area contributed by atoms with Gasteiger partial charge in [-0.1, -0.05) is 30.3 Å². The fourth-order valence-corrected chi connectivity index (χ4v) is 1.27. The third-order valence-electron chi connectivity index (χ3n) is 2.03. The van der Waals surface area contributed by atoms with Gasteiger partial charge in [0.25, 0.3) is 0 Å². The molecular formula is C12H18O2. The molecule has 0 amide bonds. The summed E-state index contributed by atoms with van der Waals surface area (Å²) in [5.41, 5.74) is 1.38. The van der Waals surface area contributed by atoms with Gasteiger partial charge in [-0.25, -0.2) is 0 Å². The van der Waals surface area contributed by atoms with Gasteiger partial charge in [-0.15, -0.1) is 0 Å². The summed E-state index contributed by atoms with van der Waals surface area (Å²) in [7, 11) is 1.69. The van der Waals surface area contributed by atoms with Gasteiger partial charge in [0.2, 0.25) is 0 Å². The molecule has 2 nitrogen and oxygen atoms in total. The third-order valence-corrected chi connectivity index (χ3v) is 2.03. The molecule has 0 aliphatic heterocycles. The first-order valence-electron chi connectivity index (χ1n) is 5.04. The lowest BCUT2D eigenvalue weighted by molar-refractivity contribution is 0.0695. The lowest BCUT2D eigenvalue weighted by atomic mass is 10.1. The Balaban J connectivity index is 1.99. The molecule has 0 saturated heterocycles. The second kappa shape index (κ2) is 7.54. The van der Waals surface area contributed by atoms with Crippen LogP contribution in [0.3, 0.4) is 0 Å². The third kappa shape index (κ3) is 5.00. The lowest BCUT2D eigenvalue weighted by Crippen LogP contribution is -2.03. The van der Waals surface area contributed by atoms with E-state index in [9.17, 15) is 0 Å². The molecule has 1 rings (SSSR count). The molecule has 0 spiro atoms. The van der Waals surface area contributed by atoms with Crippen LogP contribution in [-0.4, -0.2) is 26.9 Å². The van der Waals surface area contributed by atoms with Crippen molar-refractivity contribution in [3.63, 3.8) is 0 Å². The summed E-state index contributed by atoms with van der Waals surface area (Å²) in [6, 6.07) is 10.5. The van der Waals surface area contributed by atoms with Crippen LogP contribution in [0.25, 0.3) is 0 Å². The number of ether oxygens (including phenoxy) is 2. The second-order valence-corrected chi connectivity index (χ2v) is 3.19. The largest absolute Gasteiger partial charge is 0.382 e.